The molecule has 1 saturated heterocycles. The Kier molecular flexibility index (Phi) is 5.09. The van der Waals surface area contributed by atoms with E-state index in [0.29, 0.717) is 16.8 Å². The molecule has 2 aromatic rings. The maximum atomic E-state index is 13.4. The number of carbonyl (C=O) groups is 1. The molecule has 1 aliphatic heterocycles. The number of fused-ring (bicyclic) bond motifs is 1. The van der Waals surface area contributed by atoms with Gasteiger partial charge < -0.3 is 10.2 Å². The molecule has 0 bridgehead atoms. The Morgan fingerprint density at radius 1 is 1.33 bits per heavy atom. The molecule has 128 valence electrons. The van der Waals surface area contributed by atoms with Gasteiger partial charge in [0.15, 0.2) is 0 Å². The topological polar surface area (TPSA) is 45.2 Å². The van der Waals surface area contributed by atoms with Crippen LogP contribution in [-0.2, 0) is 0 Å². The van der Waals surface area contributed by atoms with Crippen molar-refractivity contribution < 1.29 is 9.18 Å². The van der Waals surface area contributed by atoms with Gasteiger partial charge in [-0.1, -0.05) is 6.92 Å². The van der Waals surface area contributed by atoms with Crippen LogP contribution in [0.25, 0.3) is 10.9 Å². The standard InChI is InChI=1S/C19H24FN3O/c1-3-10-23(16-6-8-21-9-7-16)19(24)17-11-14-4-5-15(20)12-18(14)22-13(17)2/h4-5,11-12,16,21H,3,6-10H2,1-2H3. The van der Waals surface area contributed by atoms with Gasteiger partial charge in [-0.2, -0.15) is 0 Å². The summed E-state index contributed by atoms with van der Waals surface area (Å²) in [5.74, 6) is -0.268. The van der Waals surface area contributed by atoms with Crippen molar-refractivity contribution in [3.8, 4) is 0 Å². The number of aromatic nitrogens is 1. The predicted molar refractivity (Wildman–Crippen MR) is 93.7 cm³/mol. The molecule has 2 heterocycles. The molecular weight excluding hydrogens is 305 g/mol. The maximum absolute atomic E-state index is 13.4. The summed E-state index contributed by atoms with van der Waals surface area (Å²) in [4.78, 5) is 19.6. The Bertz CT molecular complexity index is 741. The van der Waals surface area contributed by atoms with Crippen molar-refractivity contribution in [1.29, 1.82) is 0 Å². The Balaban J connectivity index is 1.95. The average molecular weight is 329 g/mol. The van der Waals surface area contributed by atoms with Crippen molar-refractivity contribution in [3.05, 3.63) is 41.3 Å². The van der Waals surface area contributed by atoms with Gasteiger partial charge in [0.25, 0.3) is 5.91 Å². The molecule has 4 nitrogen and oxygen atoms in total. The summed E-state index contributed by atoms with van der Waals surface area (Å²) < 4.78 is 13.4. The molecule has 5 heteroatoms. The second-order valence-corrected chi connectivity index (χ2v) is 6.44. The lowest BCUT2D eigenvalue weighted by molar-refractivity contribution is 0.0641. The fourth-order valence-electron chi connectivity index (χ4n) is 3.42. The van der Waals surface area contributed by atoms with Gasteiger partial charge >= 0.3 is 0 Å². The van der Waals surface area contributed by atoms with E-state index in [-0.39, 0.29) is 17.8 Å². The Hall–Kier alpha value is -2.01. The molecule has 0 saturated carbocycles. The van der Waals surface area contributed by atoms with E-state index in [1.54, 1.807) is 6.07 Å². The first-order valence-electron chi connectivity index (χ1n) is 8.68. The monoisotopic (exact) mass is 329 g/mol. The first kappa shape index (κ1) is 16.8. The van der Waals surface area contributed by atoms with Gasteiger partial charge in [-0.25, -0.2) is 4.39 Å². The maximum Gasteiger partial charge on any atom is 0.255 e. The number of hydrogen-bond donors (Lipinski definition) is 1. The molecule has 1 N–H and O–H groups in total. The molecule has 0 spiro atoms. The molecular formula is C19H24FN3O. The number of pyridine rings is 1. The number of piperidine rings is 1. The summed E-state index contributed by atoms with van der Waals surface area (Å²) in [7, 11) is 0. The molecule has 0 aliphatic carbocycles. The second-order valence-electron chi connectivity index (χ2n) is 6.44. The van der Waals surface area contributed by atoms with Crippen molar-refractivity contribution in [2.45, 2.75) is 39.2 Å². The molecule has 0 radical (unpaired) electrons. The highest BCUT2D eigenvalue weighted by Gasteiger charge is 2.27. The fraction of sp³-hybridized carbons (Fsp3) is 0.474. The van der Waals surface area contributed by atoms with Crippen LogP contribution in [0.1, 0.15) is 42.2 Å². The summed E-state index contributed by atoms with van der Waals surface area (Å²) in [5, 5.41) is 4.14. The van der Waals surface area contributed by atoms with Crippen molar-refractivity contribution in [1.82, 2.24) is 15.2 Å². The van der Waals surface area contributed by atoms with Crippen molar-refractivity contribution in [2.75, 3.05) is 19.6 Å². The normalized spacial score (nSPS) is 15.6. The first-order valence-corrected chi connectivity index (χ1v) is 8.68. The highest BCUT2D eigenvalue weighted by atomic mass is 19.1. The van der Waals surface area contributed by atoms with Gasteiger partial charge in [-0.15, -0.1) is 0 Å². The van der Waals surface area contributed by atoms with Gasteiger partial charge in [-0.3, -0.25) is 9.78 Å². The van der Waals surface area contributed by atoms with Crippen molar-refractivity contribution in [3.63, 3.8) is 0 Å². The zero-order valence-corrected chi connectivity index (χ0v) is 14.3. The lowest BCUT2D eigenvalue weighted by atomic mass is 10.0. The molecule has 1 amide bonds. The van der Waals surface area contributed by atoms with Crippen LogP contribution in [0.15, 0.2) is 24.3 Å². The lowest BCUT2D eigenvalue weighted by Crippen LogP contribution is -2.46. The van der Waals surface area contributed by atoms with Crippen LogP contribution in [0, 0.1) is 12.7 Å². The van der Waals surface area contributed by atoms with Gasteiger partial charge in [-0.05, 0) is 57.5 Å². The number of amides is 1. The van der Waals surface area contributed by atoms with Crippen molar-refractivity contribution in [2.24, 2.45) is 0 Å². The van der Waals surface area contributed by atoms with E-state index >= 15 is 0 Å². The summed E-state index contributed by atoms with van der Waals surface area (Å²) in [6, 6.07) is 6.63. The van der Waals surface area contributed by atoms with E-state index in [9.17, 15) is 9.18 Å². The quantitative estimate of drug-likeness (QED) is 0.936. The van der Waals surface area contributed by atoms with Gasteiger partial charge in [0.2, 0.25) is 0 Å². The van der Waals surface area contributed by atoms with E-state index in [1.807, 2.05) is 17.9 Å². The molecule has 1 aromatic carbocycles. The Morgan fingerprint density at radius 3 is 2.79 bits per heavy atom. The molecule has 3 rings (SSSR count). The average Bonchev–Trinajstić information content (AvgIpc) is 2.59. The number of carbonyl (C=O) groups excluding carboxylic acids is 1. The van der Waals surface area contributed by atoms with Gasteiger partial charge in [0.05, 0.1) is 16.8 Å². The SMILES string of the molecule is CCCN(C(=O)c1cc2ccc(F)cc2nc1C)C1CCNCC1. The molecule has 1 aromatic heterocycles. The van der Waals surface area contributed by atoms with Crippen LogP contribution in [0.5, 0.6) is 0 Å². The van der Waals surface area contributed by atoms with Crippen LogP contribution in [0.2, 0.25) is 0 Å². The molecule has 1 fully saturated rings. The third-order valence-electron chi connectivity index (χ3n) is 4.68. The third kappa shape index (κ3) is 3.41. The number of aryl methyl sites for hydroxylation is 1. The smallest absolute Gasteiger partial charge is 0.255 e. The molecule has 0 unspecified atom stereocenters. The fourth-order valence-corrected chi connectivity index (χ4v) is 3.42. The predicted octanol–water partition coefficient (Wildman–Crippen LogP) is 3.29. The first-order chi connectivity index (χ1) is 11.6. The third-order valence-corrected chi connectivity index (χ3v) is 4.68. The van der Waals surface area contributed by atoms with E-state index in [4.69, 9.17) is 0 Å². The number of halogens is 1. The second kappa shape index (κ2) is 7.26. The zero-order chi connectivity index (χ0) is 17.1. The largest absolute Gasteiger partial charge is 0.336 e. The minimum Gasteiger partial charge on any atom is -0.336 e. The highest BCUT2D eigenvalue weighted by molar-refractivity contribution is 5.98. The number of rotatable bonds is 4. The van der Waals surface area contributed by atoms with Crippen LogP contribution in [0.3, 0.4) is 0 Å². The minimum absolute atomic E-state index is 0.0416. The lowest BCUT2D eigenvalue weighted by Gasteiger charge is -2.35. The Morgan fingerprint density at radius 2 is 2.08 bits per heavy atom. The van der Waals surface area contributed by atoms with Crippen molar-refractivity contribution >= 4 is 16.8 Å². The van der Waals surface area contributed by atoms with E-state index in [0.717, 1.165) is 44.3 Å². The van der Waals surface area contributed by atoms with Crippen LogP contribution in [-0.4, -0.2) is 41.5 Å². The summed E-state index contributed by atoms with van der Waals surface area (Å²) >= 11 is 0. The highest BCUT2D eigenvalue weighted by Crippen LogP contribution is 2.22. The van der Waals surface area contributed by atoms with Crippen LogP contribution < -0.4 is 5.32 Å². The molecule has 24 heavy (non-hydrogen) atoms. The minimum atomic E-state index is -0.309. The molecule has 0 atom stereocenters. The Labute approximate surface area is 142 Å². The number of nitrogens with one attached hydrogen (secondary N) is 1. The number of hydrogen-bond acceptors (Lipinski definition) is 3. The summed E-state index contributed by atoms with van der Waals surface area (Å²) in [6.45, 7) is 6.57. The van der Waals surface area contributed by atoms with Crippen LogP contribution in [0.4, 0.5) is 4.39 Å². The summed E-state index contributed by atoms with van der Waals surface area (Å²) in [6.07, 6.45) is 2.90. The number of benzene rings is 1. The van der Waals surface area contributed by atoms with E-state index in [2.05, 4.69) is 17.2 Å². The summed E-state index contributed by atoms with van der Waals surface area (Å²) in [5.41, 5.74) is 1.88. The number of nitrogens with zero attached hydrogens (tertiary/aromatic N) is 2. The molecule has 1 aliphatic rings. The zero-order valence-electron chi connectivity index (χ0n) is 14.3. The van der Waals surface area contributed by atoms with E-state index in [1.165, 1.54) is 12.1 Å². The van der Waals surface area contributed by atoms with Gasteiger partial charge in [0.1, 0.15) is 5.82 Å². The van der Waals surface area contributed by atoms with E-state index < -0.39 is 0 Å². The van der Waals surface area contributed by atoms with Gasteiger partial charge in [0, 0.05) is 24.0 Å². The van der Waals surface area contributed by atoms with Crippen LogP contribution >= 0.6 is 0 Å².